The third kappa shape index (κ3) is 6.59. The van der Waals surface area contributed by atoms with Gasteiger partial charge in [0.1, 0.15) is 6.04 Å². The van der Waals surface area contributed by atoms with Crippen LogP contribution in [-0.4, -0.2) is 70.2 Å². The quantitative estimate of drug-likeness (QED) is 0.510. The minimum absolute atomic E-state index is 0.111. The van der Waals surface area contributed by atoms with E-state index >= 15 is 0 Å². The largest absolute Gasteiger partial charge is 0.417 e. The van der Waals surface area contributed by atoms with Crippen molar-refractivity contribution in [1.29, 1.82) is 0 Å². The first-order valence-electron chi connectivity index (χ1n) is 13.3. The molecular formula is C27H32F3N3O6S2. The molecule has 2 amide bonds. The van der Waals surface area contributed by atoms with Crippen molar-refractivity contribution in [3.63, 3.8) is 0 Å². The zero-order valence-electron chi connectivity index (χ0n) is 22.6. The molecule has 9 nitrogen and oxygen atoms in total. The first-order valence-corrected chi connectivity index (χ1v) is 16.2. The molecular weight excluding hydrogens is 583 g/mol. The fraction of sp³-hybridized carbons (Fsp3) is 0.481. The van der Waals surface area contributed by atoms with Gasteiger partial charge in [-0.15, -0.1) is 0 Å². The average molecular weight is 616 g/mol. The van der Waals surface area contributed by atoms with E-state index in [2.05, 4.69) is 4.72 Å². The second kappa shape index (κ2) is 11.7. The van der Waals surface area contributed by atoms with Crippen molar-refractivity contribution in [3.8, 4) is 0 Å². The second-order valence-corrected chi connectivity index (χ2v) is 14.2. The molecule has 0 aromatic heterocycles. The molecule has 224 valence electrons. The highest BCUT2D eigenvalue weighted by Crippen LogP contribution is 2.36. The summed E-state index contributed by atoms with van der Waals surface area (Å²) in [6.07, 6.45) is -3.55. The Bertz CT molecular complexity index is 1500. The van der Waals surface area contributed by atoms with Gasteiger partial charge in [0.25, 0.3) is 0 Å². The number of nitrogens with zero attached hydrogens (tertiary/aromatic N) is 2. The molecule has 2 saturated heterocycles. The summed E-state index contributed by atoms with van der Waals surface area (Å²) in [6, 6.07) is 7.35. The van der Waals surface area contributed by atoms with Crippen LogP contribution in [0.15, 0.2) is 63.2 Å². The van der Waals surface area contributed by atoms with Gasteiger partial charge in [-0.2, -0.15) is 13.2 Å². The number of likely N-dealkylation sites (tertiary alicyclic amines) is 2. The van der Waals surface area contributed by atoms with E-state index in [4.69, 9.17) is 0 Å². The summed E-state index contributed by atoms with van der Waals surface area (Å²) < 4.78 is 96.3. The van der Waals surface area contributed by atoms with Gasteiger partial charge in [-0.3, -0.25) is 9.59 Å². The second-order valence-electron chi connectivity index (χ2n) is 10.5. The minimum atomic E-state index is -5.06. The summed E-state index contributed by atoms with van der Waals surface area (Å²) in [6.45, 7) is 4.32. The maximum Gasteiger partial charge on any atom is 0.417 e. The van der Waals surface area contributed by atoms with E-state index in [0.29, 0.717) is 31.5 Å². The summed E-state index contributed by atoms with van der Waals surface area (Å²) in [4.78, 5) is 26.8. The van der Waals surface area contributed by atoms with Gasteiger partial charge in [-0.25, -0.2) is 21.6 Å². The van der Waals surface area contributed by atoms with Crippen molar-refractivity contribution in [2.45, 2.75) is 72.5 Å². The summed E-state index contributed by atoms with van der Waals surface area (Å²) in [5.74, 6) is -0.595. The first-order chi connectivity index (χ1) is 19.1. The van der Waals surface area contributed by atoms with E-state index in [1.165, 1.54) is 24.3 Å². The molecule has 2 aromatic carbocycles. The fourth-order valence-corrected chi connectivity index (χ4v) is 8.13. The van der Waals surface area contributed by atoms with Gasteiger partial charge in [0.05, 0.1) is 20.2 Å². The Morgan fingerprint density at radius 3 is 2.12 bits per heavy atom. The van der Waals surface area contributed by atoms with Crippen molar-refractivity contribution in [2.75, 3.05) is 19.6 Å². The van der Waals surface area contributed by atoms with Crippen LogP contribution >= 0.6 is 0 Å². The number of sulfone groups is 1. The summed E-state index contributed by atoms with van der Waals surface area (Å²) >= 11 is 0. The van der Waals surface area contributed by atoms with Gasteiger partial charge >= 0.3 is 6.18 Å². The number of carbonyl (C=O) groups excluding carboxylic acids is 2. The van der Waals surface area contributed by atoms with Crippen LogP contribution in [0.3, 0.4) is 0 Å². The summed E-state index contributed by atoms with van der Waals surface area (Å²) in [5.41, 5.74) is -1.49. The van der Waals surface area contributed by atoms with Crippen molar-refractivity contribution in [1.82, 2.24) is 14.5 Å². The van der Waals surface area contributed by atoms with Crippen LogP contribution in [0.5, 0.6) is 0 Å². The Morgan fingerprint density at radius 1 is 0.902 bits per heavy atom. The van der Waals surface area contributed by atoms with Gasteiger partial charge in [0.2, 0.25) is 31.7 Å². The topological polar surface area (TPSA) is 121 Å². The third-order valence-corrected chi connectivity index (χ3v) is 10.7. The van der Waals surface area contributed by atoms with Gasteiger partial charge in [0.15, 0.2) is 0 Å². The number of benzene rings is 2. The predicted octanol–water partition coefficient (Wildman–Crippen LogP) is 3.45. The Labute approximate surface area is 237 Å². The van der Waals surface area contributed by atoms with Crippen LogP contribution < -0.4 is 4.72 Å². The number of hydrogen-bond donors (Lipinski definition) is 1. The van der Waals surface area contributed by atoms with E-state index in [-0.39, 0.29) is 48.6 Å². The van der Waals surface area contributed by atoms with E-state index in [9.17, 15) is 39.6 Å². The SMILES string of the molecule is CC(C)C(=O)N1CCC[C@H]1C(=O)N1CCC(NS(=O)(=O)c2cc(S(=O)(=O)c3ccccc3)ccc2C(F)(F)F)CC1. The van der Waals surface area contributed by atoms with Crippen LogP contribution in [0.2, 0.25) is 0 Å². The number of piperidine rings is 1. The molecule has 41 heavy (non-hydrogen) atoms. The average Bonchev–Trinajstić information content (AvgIpc) is 3.42. The van der Waals surface area contributed by atoms with Gasteiger partial charge in [-0.1, -0.05) is 32.0 Å². The lowest BCUT2D eigenvalue weighted by molar-refractivity contribution is -0.146. The van der Waals surface area contributed by atoms with Crippen molar-refractivity contribution < 1.29 is 39.6 Å². The Kier molecular flexibility index (Phi) is 8.86. The Hall–Kier alpha value is -2.97. The van der Waals surface area contributed by atoms with Gasteiger partial charge < -0.3 is 9.80 Å². The van der Waals surface area contributed by atoms with Gasteiger partial charge in [-0.05, 0) is 56.0 Å². The first kappa shape index (κ1) is 31.0. The lowest BCUT2D eigenvalue weighted by Crippen LogP contribution is -2.53. The predicted molar refractivity (Wildman–Crippen MR) is 143 cm³/mol. The molecule has 1 atom stereocenters. The molecule has 0 radical (unpaired) electrons. The number of nitrogens with one attached hydrogen (secondary N) is 1. The number of halogens is 3. The Morgan fingerprint density at radius 2 is 1.54 bits per heavy atom. The third-order valence-electron chi connectivity index (χ3n) is 7.36. The maximum absolute atomic E-state index is 13.8. The smallest absolute Gasteiger partial charge is 0.341 e. The van der Waals surface area contributed by atoms with Crippen LogP contribution in [-0.2, 0) is 35.6 Å². The van der Waals surface area contributed by atoms with Crippen molar-refractivity contribution in [3.05, 3.63) is 54.1 Å². The highest BCUT2D eigenvalue weighted by atomic mass is 32.2. The fourth-order valence-electron chi connectivity index (χ4n) is 5.19. The maximum atomic E-state index is 13.8. The number of carbonyl (C=O) groups is 2. The number of rotatable bonds is 7. The molecule has 2 fully saturated rings. The number of sulfonamides is 1. The van der Waals surface area contributed by atoms with E-state index in [1.807, 2.05) is 0 Å². The highest BCUT2D eigenvalue weighted by molar-refractivity contribution is 7.91. The monoisotopic (exact) mass is 615 g/mol. The molecule has 0 saturated carbocycles. The molecule has 0 unspecified atom stereocenters. The van der Waals surface area contributed by atoms with E-state index in [0.717, 1.165) is 6.07 Å². The molecule has 14 heteroatoms. The lowest BCUT2D eigenvalue weighted by atomic mass is 10.0. The van der Waals surface area contributed by atoms with E-state index < -0.39 is 53.5 Å². The normalized spacial score (nSPS) is 19.1. The molecule has 4 rings (SSSR count). The summed E-state index contributed by atoms with van der Waals surface area (Å²) in [7, 11) is -9.10. The molecule has 0 spiro atoms. The minimum Gasteiger partial charge on any atom is -0.341 e. The molecule has 2 heterocycles. The number of hydrogen-bond acceptors (Lipinski definition) is 6. The molecule has 2 aliphatic rings. The number of amides is 2. The molecule has 1 N–H and O–H groups in total. The zero-order valence-corrected chi connectivity index (χ0v) is 24.2. The number of alkyl halides is 3. The van der Waals surface area contributed by atoms with Crippen LogP contribution in [0.25, 0.3) is 0 Å². The van der Waals surface area contributed by atoms with Crippen molar-refractivity contribution >= 4 is 31.7 Å². The van der Waals surface area contributed by atoms with Crippen molar-refractivity contribution in [2.24, 2.45) is 5.92 Å². The van der Waals surface area contributed by atoms with E-state index in [1.54, 1.807) is 29.7 Å². The standard InChI is InChI=1S/C27H32F3N3O6S2/c1-18(2)25(34)33-14-6-9-23(33)26(35)32-15-12-19(13-16-32)31-41(38,39)24-17-21(10-11-22(24)27(28,29)30)40(36,37)20-7-4-3-5-8-20/h3-5,7-8,10-11,17-19,23,31H,6,9,12-16H2,1-2H3/t23-/m0/s1. The molecule has 2 aliphatic heterocycles. The highest BCUT2D eigenvalue weighted by Gasteiger charge is 2.41. The Balaban J connectivity index is 1.52. The molecule has 0 aliphatic carbocycles. The summed E-state index contributed by atoms with van der Waals surface area (Å²) in [5, 5.41) is 0. The molecule has 2 aromatic rings. The molecule has 0 bridgehead atoms. The van der Waals surface area contributed by atoms with Crippen LogP contribution in [0, 0.1) is 5.92 Å². The van der Waals surface area contributed by atoms with Gasteiger partial charge in [0, 0.05) is 31.6 Å². The zero-order chi connectivity index (χ0) is 30.2. The lowest BCUT2D eigenvalue weighted by Gasteiger charge is -2.36. The van der Waals surface area contributed by atoms with Crippen LogP contribution in [0.1, 0.15) is 45.1 Å². The van der Waals surface area contributed by atoms with Crippen LogP contribution in [0.4, 0.5) is 13.2 Å².